The van der Waals surface area contributed by atoms with Crippen LogP contribution >= 0.6 is 11.6 Å². The van der Waals surface area contributed by atoms with Gasteiger partial charge >= 0.3 is 6.18 Å². The van der Waals surface area contributed by atoms with Gasteiger partial charge in [-0.1, -0.05) is 17.7 Å². The summed E-state index contributed by atoms with van der Waals surface area (Å²) in [5, 5.41) is 8.06. The van der Waals surface area contributed by atoms with Gasteiger partial charge in [0.2, 0.25) is 5.91 Å². The number of hydrogen-bond donors (Lipinski definition) is 3. The number of halogens is 6. The molecule has 2 aromatic rings. The highest BCUT2D eigenvalue weighted by Gasteiger charge is 2.32. The average Bonchev–Trinajstić information content (AvgIpc) is 2.92. The molecule has 0 unspecified atom stereocenters. The van der Waals surface area contributed by atoms with Gasteiger partial charge in [0.1, 0.15) is 6.04 Å². The minimum atomic E-state index is -4.26. The van der Waals surface area contributed by atoms with Crippen molar-refractivity contribution in [2.75, 3.05) is 54.4 Å². The molecule has 2 fully saturated rings. The van der Waals surface area contributed by atoms with Crippen LogP contribution in [0.4, 0.5) is 33.3 Å². The van der Waals surface area contributed by atoms with Crippen LogP contribution in [0.5, 0.6) is 0 Å². The van der Waals surface area contributed by atoms with E-state index in [-0.39, 0.29) is 36.1 Å². The highest BCUT2D eigenvalue weighted by atomic mass is 35.5. The van der Waals surface area contributed by atoms with Crippen LogP contribution in [0.2, 0.25) is 5.02 Å². The molecule has 4 rings (SSSR count). The average molecular weight is 652 g/mol. The summed E-state index contributed by atoms with van der Waals surface area (Å²) in [4.78, 5) is 29.0. The van der Waals surface area contributed by atoms with Crippen molar-refractivity contribution in [3.63, 3.8) is 0 Å². The fourth-order valence-electron chi connectivity index (χ4n) is 5.08. The van der Waals surface area contributed by atoms with E-state index in [9.17, 15) is 35.6 Å². The molecule has 2 heterocycles. The lowest BCUT2D eigenvalue weighted by molar-refractivity contribution is -0.138. The molecular weight excluding hydrogens is 621 g/mol. The van der Waals surface area contributed by atoms with E-state index < -0.39 is 69.8 Å². The molecule has 0 bridgehead atoms. The third kappa shape index (κ3) is 8.55. The number of carbonyl (C=O) groups excluding carboxylic acids is 2. The van der Waals surface area contributed by atoms with Gasteiger partial charge in [0.25, 0.3) is 5.91 Å². The predicted octanol–water partition coefficient (Wildman–Crippen LogP) is 3.34. The van der Waals surface area contributed by atoms with Crippen LogP contribution in [0.15, 0.2) is 30.3 Å². The lowest BCUT2D eigenvalue weighted by Crippen LogP contribution is -2.53. The third-order valence-electron chi connectivity index (χ3n) is 7.34. The molecule has 16 heteroatoms. The second-order valence-corrected chi connectivity index (χ2v) is 13.2. The Kier molecular flexibility index (Phi) is 10.2. The molecule has 2 aromatic carbocycles. The third-order valence-corrected chi connectivity index (χ3v) is 9.24. The van der Waals surface area contributed by atoms with Gasteiger partial charge in [0, 0.05) is 55.9 Å². The molecule has 236 valence electrons. The SMILES string of the molecule is C[C@@H]1CN(CCC(F)(F)F)CCN1c1cc(Cl)ccc1NC(=O)c1ccc(CNC(=O)[C@H]2CS(=O)(=O)CCN2)c(F)c1F. The molecule has 0 spiro atoms. The Hall–Kier alpha value is -3.01. The van der Waals surface area contributed by atoms with E-state index in [0.29, 0.717) is 30.3 Å². The molecule has 2 aliphatic heterocycles. The van der Waals surface area contributed by atoms with E-state index in [1.807, 2.05) is 11.8 Å². The largest absolute Gasteiger partial charge is 0.390 e. The molecular formula is C27H31ClF5N5O4S. The summed E-state index contributed by atoms with van der Waals surface area (Å²) in [6.45, 7) is 2.36. The van der Waals surface area contributed by atoms with Gasteiger partial charge in [-0.25, -0.2) is 17.2 Å². The number of sulfone groups is 1. The van der Waals surface area contributed by atoms with Crippen LogP contribution < -0.4 is 20.9 Å². The molecule has 2 aliphatic rings. The first kappa shape index (κ1) is 32.9. The summed E-state index contributed by atoms with van der Waals surface area (Å²) in [6, 6.07) is 5.52. The fraction of sp³-hybridized carbons (Fsp3) is 0.481. The molecule has 0 radical (unpaired) electrons. The van der Waals surface area contributed by atoms with Gasteiger partial charge in [0.15, 0.2) is 21.5 Å². The molecule has 9 nitrogen and oxygen atoms in total. The number of piperazine rings is 1. The molecule has 2 amide bonds. The van der Waals surface area contributed by atoms with Gasteiger partial charge in [0.05, 0.1) is 34.9 Å². The highest BCUT2D eigenvalue weighted by Crippen LogP contribution is 2.33. The fourth-order valence-corrected chi connectivity index (χ4v) is 6.62. The summed E-state index contributed by atoms with van der Waals surface area (Å²) in [5.41, 5.74) is -0.123. The summed E-state index contributed by atoms with van der Waals surface area (Å²) < 4.78 is 91.5. The maximum atomic E-state index is 15.0. The van der Waals surface area contributed by atoms with Crippen molar-refractivity contribution < 1.29 is 40.0 Å². The number of rotatable bonds is 8. The molecule has 43 heavy (non-hydrogen) atoms. The van der Waals surface area contributed by atoms with Crippen molar-refractivity contribution in [1.82, 2.24) is 15.5 Å². The van der Waals surface area contributed by atoms with Crippen LogP contribution in [0.3, 0.4) is 0 Å². The van der Waals surface area contributed by atoms with Crippen LogP contribution in [-0.4, -0.2) is 87.6 Å². The summed E-state index contributed by atoms with van der Waals surface area (Å²) in [5.74, 6) is -4.94. The molecule has 2 saturated heterocycles. The topological polar surface area (TPSA) is 111 Å². The van der Waals surface area contributed by atoms with Crippen LogP contribution in [-0.2, 0) is 21.2 Å². The Morgan fingerprint density at radius 2 is 1.86 bits per heavy atom. The van der Waals surface area contributed by atoms with Crippen molar-refractivity contribution in [2.45, 2.75) is 38.1 Å². The van der Waals surface area contributed by atoms with Gasteiger partial charge in [-0.3, -0.25) is 14.5 Å². The molecule has 0 aromatic heterocycles. The zero-order valence-electron chi connectivity index (χ0n) is 23.1. The molecule has 0 saturated carbocycles. The smallest absolute Gasteiger partial charge is 0.365 e. The van der Waals surface area contributed by atoms with Gasteiger partial charge in [-0.15, -0.1) is 0 Å². The first-order valence-corrected chi connectivity index (χ1v) is 15.7. The Balaban J connectivity index is 1.43. The van der Waals surface area contributed by atoms with E-state index in [1.54, 1.807) is 11.0 Å². The Morgan fingerprint density at radius 3 is 2.53 bits per heavy atom. The number of carbonyl (C=O) groups is 2. The van der Waals surface area contributed by atoms with E-state index in [0.717, 1.165) is 12.1 Å². The lowest BCUT2D eigenvalue weighted by atomic mass is 10.1. The number of amides is 2. The van der Waals surface area contributed by atoms with E-state index in [1.165, 1.54) is 12.1 Å². The second-order valence-electron chi connectivity index (χ2n) is 10.6. The van der Waals surface area contributed by atoms with Crippen LogP contribution in [0, 0.1) is 11.6 Å². The molecule has 3 N–H and O–H groups in total. The maximum Gasteiger partial charge on any atom is 0.390 e. The standard InChI is InChI=1S/C27H31ClF5N5O4S/c1-16-14-37(8-6-27(31,32)33)9-10-38(16)22-12-18(28)3-5-20(22)36-25(39)19-4-2-17(23(29)24(19)30)13-35-26(40)21-15-43(41,42)11-7-34-21/h2-5,12,16,21,34H,6-11,13-15H2,1H3,(H,35,40)(H,36,39)/t16-,21-/m1/s1. The van der Waals surface area contributed by atoms with Crippen LogP contribution in [0.25, 0.3) is 0 Å². The zero-order chi connectivity index (χ0) is 31.5. The van der Waals surface area contributed by atoms with Crippen molar-refractivity contribution >= 4 is 44.6 Å². The zero-order valence-corrected chi connectivity index (χ0v) is 24.7. The molecule has 2 atom stereocenters. The van der Waals surface area contributed by atoms with Crippen molar-refractivity contribution in [3.05, 3.63) is 58.1 Å². The number of hydrogen-bond acceptors (Lipinski definition) is 7. The van der Waals surface area contributed by atoms with Crippen molar-refractivity contribution in [2.24, 2.45) is 0 Å². The first-order valence-electron chi connectivity index (χ1n) is 13.5. The van der Waals surface area contributed by atoms with Crippen molar-refractivity contribution in [1.29, 1.82) is 0 Å². The Labute approximate surface area is 250 Å². The minimum Gasteiger partial charge on any atom is -0.365 e. The number of nitrogens with one attached hydrogen (secondary N) is 3. The summed E-state index contributed by atoms with van der Waals surface area (Å²) in [6.07, 6.45) is -5.18. The maximum absolute atomic E-state index is 15.0. The lowest BCUT2D eigenvalue weighted by Gasteiger charge is -2.42. The highest BCUT2D eigenvalue weighted by molar-refractivity contribution is 7.91. The monoisotopic (exact) mass is 651 g/mol. The predicted molar refractivity (Wildman–Crippen MR) is 152 cm³/mol. The van der Waals surface area contributed by atoms with E-state index in [2.05, 4.69) is 16.0 Å². The van der Waals surface area contributed by atoms with Crippen molar-refractivity contribution in [3.8, 4) is 0 Å². The number of anilines is 2. The first-order chi connectivity index (χ1) is 20.1. The van der Waals surface area contributed by atoms with Gasteiger partial charge in [-0.05, 0) is 31.2 Å². The quantitative estimate of drug-likeness (QED) is 0.376. The normalized spacial score (nSPS) is 21.0. The van der Waals surface area contributed by atoms with E-state index >= 15 is 4.39 Å². The van der Waals surface area contributed by atoms with E-state index in [4.69, 9.17) is 11.6 Å². The van der Waals surface area contributed by atoms with Crippen LogP contribution in [0.1, 0.15) is 29.3 Å². The summed E-state index contributed by atoms with van der Waals surface area (Å²) in [7, 11) is -3.39. The second kappa shape index (κ2) is 13.3. The Morgan fingerprint density at radius 1 is 1.12 bits per heavy atom. The number of alkyl halides is 3. The van der Waals surface area contributed by atoms with Gasteiger partial charge in [-0.2, -0.15) is 13.2 Å². The summed E-state index contributed by atoms with van der Waals surface area (Å²) >= 11 is 6.20. The molecule has 0 aliphatic carbocycles. The minimum absolute atomic E-state index is 0.0969. The number of benzene rings is 2. The van der Waals surface area contributed by atoms with Gasteiger partial charge < -0.3 is 20.9 Å². The Bertz CT molecular complexity index is 1480. The number of nitrogens with zero attached hydrogens (tertiary/aromatic N) is 2.